The zero-order chi connectivity index (χ0) is 24.2. The Balaban J connectivity index is 1.86. The van der Waals surface area contributed by atoms with Gasteiger partial charge in [-0.15, -0.1) is 0 Å². The van der Waals surface area contributed by atoms with Gasteiger partial charge in [0.2, 0.25) is 5.78 Å². The number of aryl methyl sites for hydroxylation is 1. The molecular formula is C26H21N3O5. The van der Waals surface area contributed by atoms with Gasteiger partial charge in [0.15, 0.2) is 0 Å². The van der Waals surface area contributed by atoms with Crippen LogP contribution in [0, 0.1) is 17.0 Å². The number of rotatable bonds is 7. The first kappa shape index (κ1) is 22.6. The number of hydrogen-bond acceptors (Lipinski definition) is 6. The molecule has 8 nitrogen and oxygen atoms in total. The third-order valence-corrected chi connectivity index (χ3v) is 5.46. The smallest absolute Gasteiger partial charge is 0.318 e. The van der Waals surface area contributed by atoms with Crippen molar-refractivity contribution in [3.63, 3.8) is 0 Å². The van der Waals surface area contributed by atoms with Crippen molar-refractivity contribution in [2.24, 2.45) is 5.16 Å². The topological polar surface area (TPSA) is 104 Å². The van der Waals surface area contributed by atoms with E-state index < -0.39 is 16.7 Å². The number of ketones is 1. The molecule has 3 aromatic carbocycles. The highest BCUT2D eigenvalue weighted by molar-refractivity contribution is 6.48. The van der Waals surface area contributed by atoms with Crippen molar-refractivity contribution in [3.8, 4) is 5.69 Å². The van der Waals surface area contributed by atoms with Gasteiger partial charge in [0.05, 0.1) is 10.4 Å². The summed E-state index contributed by atoms with van der Waals surface area (Å²) in [7, 11) is 0. The molecule has 8 heteroatoms. The summed E-state index contributed by atoms with van der Waals surface area (Å²) < 4.78 is 1.62. The molecule has 34 heavy (non-hydrogen) atoms. The molecule has 4 aromatic rings. The van der Waals surface area contributed by atoms with Crippen molar-refractivity contribution in [3.05, 3.63) is 106 Å². The summed E-state index contributed by atoms with van der Waals surface area (Å²) in [4.78, 5) is 41.1. The van der Waals surface area contributed by atoms with Crippen molar-refractivity contribution in [2.75, 3.05) is 0 Å². The minimum atomic E-state index is -0.641. The first-order valence-corrected chi connectivity index (χ1v) is 10.5. The molecule has 170 valence electrons. The number of benzene rings is 3. The second-order valence-corrected chi connectivity index (χ2v) is 7.73. The van der Waals surface area contributed by atoms with E-state index >= 15 is 0 Å². The lowest BCUT2D eigenvalue weighted by molar-refractivity contribution is -0.384. The molecule has 0 aliphatic rings. The van der Waals surface area contributed by atoms with Crippen LogP contribution in [-0.4, -0.2) is 27.0 Å². The fourth-order valence-electron chi connectivity index (χ4n) is 3.80. The van der Waals surface area contributed by atoms with Gasteiger partial charge in [0, 0.05) is 36.6 Å². The molecule has 0 radical (unpaired) electrons. The molecule has 0 spiro atoms. The molecule has 0 fully saturated rings. The van der Waals surface area contributed by atoms with Crippen LogP contribution in [0.4, 0.5) is 5.69 Å². The maximum Gasteiger partial charge on any atom is 0.331 e. The first-order valence-electron chi connectivity index (χ1n) is 10.5. The molecule has 0 aliphatic heterocycles. The Kier molecular flexibility index (Phi) is 6.31. The molecular weight excluding hydrogens is 434 g/mol. The van der Waals surface area contributed by atoms with Crippen LogP contribution in [0.25, 0.3) is 16.6 Å². The van der Waals surface area contributed by atoms with Crippen LogP contribution in [0.3, 0.4) is 0 Å². The Morgan fingerprint density at radius 1 is 1.00 bits per heavy atom. The number of para-hydroxylation sites is 3. The van der Waals surface area contributed by atoms with Crippen molar-refractivity contribution in [1.29, 1.82) is 0 Å². The number of nitro benzene ring substituents is 1. The van der Waals surface area contributed by atoms with Crippen molar-refractivity contribution in [2.45, 2.75) is 20.3 Å². The molecule has 0 amide bonds. The van der Waals surface area contributed by atoms with Crippen LogP contribution in [0.15, 0.2) is 84.1 Å². The normalized spacial score (nSPS) is 11.4. The number of fused-ring (bicyclic) bond motifs is 1. The maximum absolute atomic E-state index is 13.7. The van der Waals surface area contributed by atoms with Gasteiger partial charge in [-0.2, -0.15) is 0 Å². The molecule has 0 saturated carbocycles. The van der Waals surface area contributed by atoms with E-state index in [1.807, 2.05) is 31.2 Å². The molecule has 0 aliphatic carbocycles. The van der Waals surface area contributed by atoms with Gasteiger partial charge < -0.3 is 9.40 Å². The quantitative estimate of drug-likeness (QED) is 0.125. The number of carbonyl (C=O) groups excluding carboxylic acids is 2. The number of nitrogens with zero attached hydrogens (tertiary/aromatic N) is 3. The van der Waals surface area contributed by atoms with E-state index in [-0.39, 0.29) is 17.8 Å². The Morgan fingerprint density at radius 2 is 1.68 bits per heavy atom. The zero-order valence-electron chi connectivity index (χ0n) is 18.6. The Bertz CT molecular complexity index is 1450. The number of hydrogen-bond donors (Lipinski definition) is 0. The fourth-order valence-corrected chi connectivity index (χ4v) is 3.80. The minimum Gasteiger partial charge on any atom is -0.318 e. The summed E-state index contributed by atoms with van der Waals surface area (Å²) in [6.45, 7) is 3.13. The monoisotopic (exact) mass is 455 g/mol. The highest BCUT2D eigenvalue weighted by Gasteiger charge is 2.24. The number of carbonyl (C=O) groups is 2. The average Bonchev–Trinajstić information content (AvgIpc) is 3.22. The standard InChI is InChI=1S/C26H21N3O5/c1-17-9-3-4-10-19(17)15-22(27-34-18(2)30)26(31)21-16-28(23-12-6-5-11-20(21)23)24-13-7-8-14-25(24)29(32)33/h3-14,16H,15H2,1-2H3/b27-22+. The largest absolute Gasteiger partial charge is 0.331 e. The van der Waals surface area contributed by atoms with Crippen LogP contribution >= 0.6 is 0 Å². The van der Waals surface area contributed by atoms with Gasteiger partial charge in [-0.3, -0.25) is 14.9 Å². The molecule has 0 atom stereocenters. The number of Topliss-reactive ketones (excluding diaryl/α,β-unsaturated/α-hetero) is 1. The van der Waals surface area contributed by atoms with E-state index in [0.717, 1.165) is 11.1 Å². The summed E-state index contributed by atoms with van der Waals surface area (Å²) in [5.41, 5.74) is 3.06. The lowest BCUT2D eigenvalue weighted by atomic mass is 9.98. The van der Waals surface area contributed by atoms with Gasteiger partial charge in [-0.25, -0.2) is 4.79 Å². The summed E-state index contributed by atoms with van der Waals surface area (Å²) in [6, 6.07) is 21.0. The Morgan fingerprint density at radius 3 is 2.41 bits per heavy atom. The van der Waals surface area contributed by atoms with Gasteiger partial charge in [0.1, 0.15) is 11.4 Å². The van der Waals surface area contributed by atoms with Crippen molar-refractivity contribution in [1.82, 2.24) is 4.57 Å². The number of aromatic nitrogens is 1. The fraction of sp³-hybridized carbons (Fsp3) is 0.115. The molecule has 0 saturated heterocycles. The average molecular weight is 455 g/mol. The lowest BCUT2D eigenvalue weighted by Gasteiger charge is -2.07. The van der Waals surface area contributed by atoms with Crippen LogP contribution in [0.2, 0.25) is 0 Å². The Labute approximate surface area is 195 Å². The maximum atomic E-state index is 13.7. The number of nitro groups is 1. The van der Waals surface area contributed by atoms with E-state index in [1.54, 1.807) is 53.2 Å². The van der Waals surface area contributed by atoms with E-state index in [2.05, 4.69) is 5.16 Å². The van der Waals surface area contributed by atoms with Crippen LogP contribution < -0.4 is 0 Å². The SMILES string of the molecule is CC(=O)O/N=C(\Cc1ccccc1C)C(=O)c1cn(-c2ccccc2[N+](=O)[O-])c2ccccc12. The van der Waals surface area contributed by atoms with Crippen LogP contribution in [0.1, 0.15) is 28.4 Å². The van der Waals surface area contributed by atoms with E-state index in [1.165, 1.54) is 13.0 Å². The van der Waals surface area contributed by atoms with E-state index in [9.17, 15) is 19.7 Å². The van der Waals surface area contributed by atoms with Gasteiger partial charge in [-0.1, -0.05) is 59.8 Å². The summed E-state index contributed by atoms with van der Waals surface area (Å²) in [5.74, 6) is -1.07. The molecule has 1 heterocycles. The third-order valence-electron chi connectivity index (χ3n) is 5.46. The number of oxime groups is 1. The van der Waals surface area contributed by atoms with Crippen molar-refractivity contribution >= 4 is 34.1 Å². The predicted octanol–water partition coefficient (Wildman–Crippen LogP) is 5.19. The molecule has 1 aromatic heterocycles. The highest BCUT2D eigenvalue weighted by atomic mass is 16.7. The molecule has 0 N–H and O–H groups in total. The molecule has 0 bridgehead atoms. The van der Waals surface area contributed by atoms with E-state index in [4.69, 9.17) is 4.84 Å². The van der Waals surface area contributed by atoms with Gasteiger partial charge in [0.25, 0.3) is 5.69 Å². The third kappa shape index (κ3) is 4.47. The second-order valence-electron chi connectivity index (χ2n) is 7.73. The zero-order valence-corrected chi connectivity index (χ0v) is 18.6. The highest BCUT2D eigenvalue weighted by Crippen LogP contribution is 2.30. The van der Waals surface area contributed by atoms with Crippen LogP contribution in [-0.2, 0) is 16.1 Å². The second kappa shape index (κ2) is 9.50. The van der Waals surface area contributed by atoms with Gasteiger partial charge >= 0.3 is 5.97 Å². The first-order chi connectivity index (χ1) is 16.4. The van der Waals surface area contributed by atoms with Crippen LogP contribution in [0.5, 0.6) is 0 Å². The lowest BCUT2D eigenvalue weighted by Crippen LogP contribution is -2.19. The summed E-state index contributed by atoms with van der Waals surface area (Å²) in [5, 5.41) is 16.1. The Hall–Kier alpha value is -4.59. The summed E-state index contributed by atoms with van der Waals surface area (Å²) >= 11 is 0. The van der Waals surface area contributed by atoms with Crippen molar-refractivity contribution < 1.29 is 19.3 Å². The van der Waals surface area contributed by atoms with E-state index in [0.29, 0.717) is 22.2 Å². The van der Waals surface area contributed by atoms with Gasteiger partial charge in [-0.05, 0) is 30.2 Å². The molecule has 0 unspecified atom stereocenters. The summed E-state index contributed by atoms with van der Waals surface area (Å²) in [6.07, 6.45) is 1.72. The predicted molar refractivity (Wildman–Crippen MR) is 128 cm³/mol. The molecule has 4 rings (SSSR count). The minimum absolute atomic E-state index is 0.0509.